The van der Waals surface area contributed by atoms with Gasteiger partial charge < -0.3 is 0 Å². The highest BCUT2D eigenvalue weighted by molar-refractivity contribution is 6.99. The lowest BCUT2D eigenvalue weighted by Crippen LogP contribution is -2.53. The SMILES string of the molecule is CC1=CC(C)C([Si](C)(c2ccccc2)C2C(C)=CC3=C2C=CC=CC3c2ccccc2)=C1C. The van der Waals surface area contributed by atoms with Crippen molar-refractivity contribution in [2.75, 3.05) is 0 Å². The van der Waals surface area contributed by atoms with E-state index < -0.39 is 8.07 Å². The minimum atomic E-state index is -2.13. The third-order valence-corrected chi connectivity index (χ3v) is 13.5. The third kappa shape index (κ3) is 3.50. The fourth-order valence-electron chi connectivity index (χ4n) is 6.70. The molecular formula is C32H34Si. The molecule has 2 aromatic rings. The van der Waals surface area contributed by atoms with Gasteiger partial charge in [0.05, 0.1) is 0 Å². The monoisotopic (exact) mass is 446 g/mol. The van der Waals surface area contributed by atoms with Crippen LogP contribution >= 0.6 is 0 Å². The molecule has 0 nitrogen and oxygen atoms in total. The van der Waals surface area contributed by atoms with E-state index in [1.165, 1.54) is 33.4 Å². The maximum Gasteiger partial charge on any atom is 0.122 e. The minimum absolute atomic E-state index is 0.307. The minimum Gasteiger partial charge on any atom is -0.0748 e. The maximum absolute atomic E-state index is 2.63. The van der Waals surface area contributed by atoms with Crippen molar-refractivity contribution in [3.05, 3.63) is 136 Å². The van der Waals surface area contributed by atoms with Crippen molar-refractivity contribution in [3.63, 3.8) is 0 Å². The van der Waals surface area contributed by atoms with Gasteiger partial charge in [-0.05, 0) is 43.4 Å². The average Bonchev–Trinajstić information content (AvgIpc) is 3.19. The van der Waals surface area contributed by atoms with Crippen molar-refractivity contribution < 1.29 is 0 Å². The Morgan fingerprint density at radius 2 is 1.45 bits per heavy atom. The van der Waals surface area contributed by atoms with Gasteiger partial charge in [-0.1, -0.05) is 138 Å². The standard InChI is InChI=1S/C32H34Si/c1-22-20-23(2)31(25(22)4)33(5,27-16-10-7-11-17-27)32-24(3)21-30-28(18-12-13-19-29(30)32)26-14-8-6-9-15-26/h6-21,23,28,32H,1-5H3. The molecule has 166 valence electrons. The van der Waals surface area contributed by atoms with Crippen LogP contribution in [0.25, 0.3) is 0 Å². The molecule has 0 fully saturated rings. The number of hydrogen-bond acceptors (Lipinski definition) is 0. The second-order valence-corrected chi connectivity index (χ2v) is 14.2. The van der Waals surface area contributed by atoms with E-state index in [0.29, 0.717) is 17.4 Å². The fourth-order valence-corrected chi connectivity index (χ4v) is 12.4. The van der Waals surface area contributed by atoms with Gasteiger partial charge in [0.15, 0.2) is 0 Å². The van der Waals surface area contributed by atoms with Crippen LogP contribution in [0.5, 0.6) is 0 Å². The van der Waals surface area contributed by atoms with Crippen LogP contribution in [-0.4, -0.2) is 8.07 Å². The Morgan fingerprint density at radius 1 is 0.788 bits per heavy atom. The molecule has 0 amide bonds. The summed E-state index contributed by atoms with van der Waals surface area (Å²) in [5.41, 5.74) is 9.34. The Hall–Kier alpha value is -2.90. The second-order valence-electron chi connectivity index (χ2n) is 10.1. The molecular weight excluding hydrogens is 412 g/mol. The first kappa shape index (κ1) is 21.9. The van der Waals surface area contributed by atoms with Gasteiger partial charge in [-0.15, -0.1) is 0 Å². The van der Waals surface area contributed by atoms with Gasteiger partial charge >= 0.3 is 0 Å². The molecule has 0 spiro atoms. The molecule has 4 atom stereocenters. The first-order chi connectivity index (χ1) is 15.9. The lowest BCUT2D eigenvalue weighted by atomic mass is 9.90. The van der Waals surface area contributed by atoms with E-state index in [4.69, 9.17) is 0 Å². The zero-order valence-electron chi connectivity index (χ0n) is 20.5. The molecule has 0 saturated heterocycles. The molecule has 0 heterocycles. The first-order valence-corrected chi connectivity index (χ1v) is 14.8. The van der Waals surface area contributed by atoms with Gasteiger partial charge in [-0.2, -0.15) is 0 Å². The zero-order valence-corrected chi connectivity index (χ0v) is 21.5. The molecule has 33 heavy (non-hydrogen) atoms. The van der Waals surface area contributed by atoms with Crippen molar-refractivity contribution in [2.24, 2.45) is 5.92 Å². The Labute approximate surface area is 200 Å². The fraction of sp³-hybridized carbons (Fsp3) is 0.250. The van der Waals surface area contributed by atoms with E-state index in [9.17, 15) is 0 Å². The van der Waals surface area contributed by atoms with E-state index in [0.717, 1.165) is 0 Å². The third-order valence-electron chi connectivity index (χ3n) is 8.13. The lowest BCUT2D eigenvalue weighted by Gasteiger charge is -2.40. The normalized spacial score (nSPS) is 26.2. The molecule has 4 unspecified atom stereocenters. The summed E-state index contributed by atoms with van der Waals surface area (Å²) in [6, 6.07) is 22.4. The average molecular weight is 447 g/mol. The molecule has 3 aliphatic rings. The smallest absolute Gasteiger partial charge is 0.0748 e. The van der Waals surface area contributed by atoms with Gasteiger partial charge in [-0.25, -0.2) is 0 Å². The molecule has 1 heteroatoms. The highest BCUT2D eigenvalue weighted by Crippen LogP contribution is 2.53. The largest absolute Gasteiger partial charge is 0.122 e. The van der Waals surface area contributed by atoms with Gasteiger partial charge in [0, 0.05) is 11.5 Å². The molecule has 0 bridgehead atoms. The predicted molar refractivity (Wildman–Crippen MR) is 145 cm³/mol. The quantitative estimate of drug-likeness (QED) is 0.418. The van der Waals surface area contributed by atoms with E-state index >= 15 is 0 Å². The van der Waals surface area contributed by atoms with Crippen molar-refractivity contribution in [1.29, 1.82) is 0 Å². The van der Waals surface area contributed by atoms with Crippen molar-refractivity contribution >= 4 is 13.3 Å². The molecule has 0 radical (unpaired) electrons. The van der Waals surface area contributed by atoms with Gasteiger partial charge in [0.25, 0.3) is 0 Å². The Bertz CT molecular complexity index is 1250. The van der Waals surface area contributed by atoms with Crippen LogP contribution in [-0.2, 0) is 0 Å². The summed E-state index contributed by atoms with van der Waals surface area (Å²) in [5.74, 6) is 0.804. The molecule has 0 aliphatic heterocycles. The van der Waals surface area contributed by atoms with E-state index in [1.54, 1.807) is 10.4 Å². The van der Waals surface area contributed by atoms with Crippen LogP contribution < -0.4 is 5.19 Å². The molecule has 5 rings (SSSR count). The molecule has 0 saturated carbocycles. The zero-order chi connectivity index (χ0) is 23.2. The summed E-state index contributed by atoms with van der Waals surface area (Å²) in [5, 5.41) is 3.25. The molecule has 3 aliphatic carbocycles. The number of rotatable bonds is 4. The Morgan fingerprint density at radius 3 is 2.09 bits per heavy atom. The summed E-state index contributed by atoms with van der Waals surface area (Å²) >= 11 is 0. The molecule has 2 aromatic carbocycles. The number of allylic oxidation sites excluding steroid dienone is 12. The van der Waals surface area contributed by atoms with Crippen LogP contribution in [0.4, 0.5) is 0 Å². The lowest BCUT2D eigenvalue weighted by molar-refractivity contribution is 0.907. The summed E-state index contributed by atoms with van der Waals surface area (Å²) in [6.45, 7) is 12.1. The highest BCUT2D eigenvalue weighted by Gasteiger charge is 2.49. The van der Waals surface area contributed by atoms with Gasteiger partial charge in [0.2, 0.25) is 0 Å². The van der Waals surface area contributed by atoms with Crippen molar-refractivity contribution in [1.82, 2.24) is 0 Å². The molecule has 0 N–H and O–H groups in total. The van der Waals surface area contributed by atoms with Crippen LogP contribution in [0.2, 0.25) is 12.1 Å². The number of benzene rings is 2. The van der Waals surface area contributed by atoms with Crippen LogP contribution in [0.1, 0.15) is 39.2 Å². The summed E-state index contributed by atoms with van der Waals surface area (Å²) in [6.07, 6.45) is 14.3. The summed E-state index contributed by atoms with van der Waals surface area (Å²) in [4.78, 5) is 0. The summed E-state index contributed by atoms with van der Waals surface area (Å²) in [7, 11) is -2.13. The maximum atomic E-state index is 2.63. The van der Waals surface area contributed by atoms with Gasteiger partial charge in [0.1, 0.15) is 8.07 Å². The highest BCUT2D eigenvalue weighted by atomic mass is 28.3. The first-order valence-electron chi connectivity index (χ1n) is 12.2. The van der Waals surface area contributed by atoms with Crippen LogP contribution in [0, 0.1) is 5.92 Å². The number of hydrogen-bond donors (Lipinski definition) is 0. The topological polar surface area (TPSA) is 0 Å². The predicted octanol–water partition coefficient (Wildman–Crippen LogP) is 7.96. The second kappa shape index (κ2) is 8.46. The van der Waals surface area contributed by atoms with Crippen LogP contribution in [0.15, 0.2) is 130 Å². The summed E-state index contributed by atoms with van der Waals surface area (Å²) < 4.78 is 0. The molecule has 0 aromatic heterocycles. The van der Waals surface area contributed by atoms with Gasteiger partial charge in [-0.3, -0.25) is 0 Å². The Kier molecular flexibility index (Phi) is 5.62. The van der Waals surface area contributed by atoms with E-state index in [1.807, 2.05) is 0 Å². The van der Waals surface area contributed by atoms with Crippen LogP contribution in [0.3, 0.4) is 0 Å². The van der Waals surface area contributed by atoms with E-state index in [-0.39, 0.29) is 0 Å². The van der Waals surface area contributed by atoms with E-state index in [2.05, 4.69) is 131 Å². The van der Waals surface area contributed by atoms with Crippen molar-refractivity contribution in [2.45, 2.75) is 45.7 Å². The van der Waals surface area contributed by atoms with Crippen molar-refractivity contribution in [3.8, 4) is 0 Å². The Balaban J connectivity index is 1.73.